The van der Waals surface area contributed by atoms with Gasteiger partial charge in [0.25, 0.3) is 0 Å². The number of hydrogen-bond acceptors (Lipinski definition) is 3. The summed E-state index contributed by atoms with van der Waals surface area (Å²) in [4.78, 5) is 6.69. The van der Waals surface area contributed by atoms with E-state index in [0.29, 0.717) is 0 Å². The first kappa shape index (κ1) is 35.1. The molecule has 0 spiro atoms. The Balaban J connectivity index is 0.744. The smallest absolute Gasteiger partial charge is 0.0148 e. The molecular weight excluding hydrogens is 631 g/mol. The van der Waals surface area contributed by atoms with Crippen LogP contribution in [0.1, 0.15) is 193 Å². The van der Waals surface area contributed by atoms with Crippen LogP contribution in [0.5, 0.6) is 0 Å². The third kappa shape index (κ3) is 6.09. The van der Waals surface area contributed by atoms with Crippen LogP contribution >= 0.6 is 0 Å². The summed E-state index contributed by atoms with van der Waals surface area (Å²) in [7, 11) is 0. The van der Waals surface area contributed by atoms with Crippen LogP contribution in [-0.2, 0) is 0 Å². The van der Waals surface area contributed by atoms with Crippen molar-refractivity contribution in [3.63, 3.8) is 0 Å². The van der Waals surface area contributed by atoms with Crippen LogP contribution in [0.4, 0.5) is 0 Å². The van der Waals surface area contributed by atoms with Crippen molar-refractivity contribution in [2.45, 2.75) is 241 Å². The number of fused-ring (bicyclic) bond motifs is 9. The van der Waals surface area contributed by atoms with E-state index in [1.54, 1.807) is 109 Å². The summed E-state index contributed by atoms with van der Waals surface area (Å²) in [6.45, 7) is 2.55. The van der Waals surface area contributed by atoms with Gasteiger partial charge in [0, 0.05) is 48.3 Å². The van der Waals surface area contributed by atoms with Crippen molar-refractivity contribution in [1.82, 2.24) is 15.1 Å². The largest absolute Gasteiger partial charge is 0.311 e. The summed E-state index contributed by atoms with van der Waals surface area (Å²) in [5.41, 5.74) is 0. The summed E-state index contributed by atoms with van der Waals surface area (Å²) >= 11 is 0. The highest BCUT2D eigenvalue weighted by molar-refractivity contribution is 5.12. The standard InChI is InChI=1S/C49H81N3/c1-31-15-24-44-41(27-31)42-28-34(20-25-45(42)50-44)32-16-18-33(19-17-32)35-21-26-48-43(29-35)39-12-6-8-14-47(39)52(48)37-22-23-40-38-11-5-7-13-46(38)51(49(40)30-37)36-9-3-2-4-10-36/h31-50H,2-30H2,1H3. The van der Waals surface area contributed by atoms with E-state index in [-0.39, 0.29) is 0 Å². The van der Waals surface area contributed by atoms with Crippen molar-refractivity contribution in [2.24, 2.45) is 65.1 Å². The Morgan fingerprint density at radius 3 is 1.58 bits per heavy atom. The number of likely N-dealkylation sites (tertiary alicyclic amines) is 2. The second-order valence-corrected chi connectivity index (χ2v) is 22.6. The zero-order chi connectivity index (χ0) is 34.3. The van der Waals surface area contributed by atoms with E-state index < -0.39 is 0 Å². The molecule has 3 heteroatoms. The van der Waals surface area contributed by atoms with Crippen LogP contribution in [0.15, 0.2) is 0 Å². The van der Waals surface area contributed by atoms with Gasteiger partial charge in [-0.3, -0.25) is 9.80 Å². The summed E-state index contributed by atoms with van der Waals surface area (Å²) in [5, 5.41) is 4.18. The second kappa shape index (κ2) is 14.7. The summed E-state index contributed by atoms with van der Waals surface area (Å²) in [6.07, 6.45) is 45.0. The van der Waals surface area contributed by atoms with E-state index in [9.17, 15) is 0 Å². The average molecular weight is 712 g/mol. The quantitative estimate of drug-likeness (QED) is 0.313. The number of nitrogens with one attached hydrogen (secondary N) is 1. The van der Waals surface area contributed by atoms with Crippen molar-refractivity contribution in [3.8, 4) is 0 Å². The van der Waals surface area contributed by atoms with E-state index in [1.807, 2.05) is 0 Å². The lowest BCUT2D eigenvalue weighted by molar-refractivity contribution is 0.00583. The van der Waals surface area contributed by atoms with Crippen LogP contribution in [0, 0.1) is 65.1 Å². The van der Waals surface area contributed by atoms with Gasteiger partial charge in [-0.15, -0.1) is 0 Å². The van der Waals surface area contributed by atoms with E-state index in [0.717, 1.165) is 113 Å². The molecule has 0 aromatic carbocycles. The van der Waals surface area contributed by atoms with E-state index >= 15 is 0 Å². The molecule has 8 aliphatic carbocycles. The lowest BCUT2D eigenvalue weighted by Gasteiger charge is -2.49. The van der Waals surface area contributed by atoms with Crippen LogP contribution < -0.4 is 5.32 Å². The third-order valence-corrected chi connectivity index (χ3v) is 20.6. The fourth-order valence-electron chi connectivity index (χ4n) is 18.5. The third-order valence-electron chi connectivity index (χ3n) is 20.6. The predicted octanol–water partition coefficient (Wildman–Crippen LogP) is 11.4. The maximum absolute atomic E-state index is 4.18. The first-order valence-corrected chi connectivity index (χ1v) is 25.0. The molecule has 0 radical (unpaired) electrons. The molecule has 11 rings (SSSR count). The van der Waals surface area contributed by atoms with Crippen molar-refractivity contribution >= 4 is 0 Å². The average Bonchev–Trinajstić information content (AvgIpc) is 3.85. The molecule has 8 saturated carbocycles. The van der Waals surface area contributed by atoms with Crippen molar-refractivity contribution < 1.29 is 0 Å². The maximum Gasteiger partial charge on any atom is 0.0148 e. The second-order valence-electron chi connectivity index (χ2n) is 22.6. The Morgan fingerprint density at radius 1 is 0.327 bits per heavy atom. The molecule has 292 valence electrons. The summed E-state index contributed by atoms with van der Waals surface area (Å²) in [6, 6.07) is 7.43. The molecule has 3 heterocycles. The fraction of sp³-hybridized carbons (Fsp3) is 1.00. The zero-order valence-corrected chi connectivity index (χ0v) is 33.9. The molecule has 0 aromatic heterocycles. The number of nitrogens with zero attached hydrogens (tertiary/aromatic N) is 2. The molecule has 1 N–H and O–H groups in total. The lowest BCUT2D eigenvalue weighted by Crippen LogP contribution is -2.54. The molecule has 0 bridgehead atoms. The maximum atomic E-state index is 4.18. The van der Waals surface area contributed by atoms with Crippen LogP contribution in [0.3, 0.4) is 0 Å². The van der Waals surface area contributed by atoms with Gasteiger partial charge in [-0.25, -0.2) is 0 Å². The zero-order valence-electron chi connectivity index (χ0n) is 33.9. The van der Waals surface area contributed by atoms with Gasteiger partial charge in [0.15, 0.2) is 0 Å². The highest BCUT2D eigenvalue weighted by Crippen LogP contribution is 2.58. The summed E-state index contributed by atoms with van der Waals surface area (Å²) in [5.74, 6) is 11.5. The Labute approximate surface area is 320 Å². The van der Waals surface area contributed by atoms with Gasteiger partial charge in [0.05, 0.1) is 0 Å². The Kier molecular flexibility index (Phi) is 9.90. The Bertz CT molecular complexity index is 1220. The molecule has 3 nitrogen and oxygen atoms in total. The van der Waals surface area contributed by atoms with Crippen molar-refractivity contribution in [3.05, 3.63) is 0 Å². The van der Waals surface area contributed by atoms with Gasteiger partial charge >= 0.3 is 0 Å². The Hall–Kier alpha value is -0.120. The molecule has 16 atom stereocenters. The summed E-state index contributed by atoms with van der Waals surface area (Å²) < 4.78 is 0. The monoisotopic (exact) mass is 712 g/mol. The predicted molar refractivity (Wildman–Crippen MR) is 215 cm³/mol. The molecule has 3 aliphatic heterocycles. The minimum Gasteiger partial charge on any atom is -0.311 e. The van der Waals surface area contributed by atoms with Crippen molar-refractivity contribution in [2.75, 3.05) is 0 Å². The van der Waals surface area contributed by atoms with Gasteiger partial charge in [-0.05, 0) is 206 Å². The minimum absolute atomic E-state index is 0.879. The van der Waals surface area contributed by atoms with Crippen LogP contribution in [0.25, 0.3) is 0 Å². The van der Waals surface area contributed by atoms with Crippen molar-refractivity contribution in [1.29, 1.82) is 0 Å². The first-order valence-electron chi connectivity index (χ1n) is 25.0. The van der Waals surface area contributed by atoms with Crippen LogP contribution in [-0.4, -0.2) is 58.1 Å². The number of hydrogen-bond donors (Lipinski definition) is 1. The topological polar surface area (TPSA) is 18.5 Å². The normalized spacial score (nSPS) is 54.4. The Morgan fingerprint density at radius 2 is 0.846 bits per heavy atom. The molecular formula is C49H81N3. The fourth-order valence-corrected chi connectivity index (χ4v) is 18.5. The molecule has 11 aliphatic rings. The van der Waals surface area contributed by atoms with E-state index in [4.69, 9.17) is 0 Å². The molecule has 0 amide bonds. The minimum atomic E-state index is 0.879. The van der Waals surface area contributed by atoms with E-state index in [1.165, 1.54) is 77.0 Å². The molecule has 11 fully saturated rings. The first-order chi connectivity index (χ1) is 25.7. The van der Waals surface area contributed by atoms with Gasteiger partial charge < -0.3 is 5.32 Å². The van der Waals surface area contributed by atoms with Gasteiger partial charge in [0.2, 0.25) is 0 Å². The number of rotatable bonds is 4. The van der Waals surface area contributed by atoms with Gasteiger partial charge in [-0.1, -0.05) is 51.9 Å². The molecule has 3 saturated heterocycles. The molecule has 0 aromatic rings. The molecule has 52 heavy (non-hydrogen) atoms. The van der Waals surface area contributed by atoms with Gasteiger partial charge in [-0.2, -0.15) is 0 Å². The van der Waals surface area contributed by atoms with Crippen LogP contribution in [0.2, 0.25) is 0 Å². The highest BCUT2D eigenvalue weighted by atomic mass is 15.3. The molecule has 16 unspecified atom stereocenters. The van der Waals surface area contributed by atoms with Gasteiger partial charge in [0.1, 0.15) is 0 Å². The lowest BCUT2D eigenvalue weighted by atomic mass is 9.61. The SMILES string of the molecule is CC1CCC2NC3CCC(C4CCC(C5CCC6C(C5)C5CCCCC5N6C5CCC6C7CCCCC7N(C7CCCCC7)C6C5)CC4)CC3C2C1. The highest BCUT2D eigenvalue weighted by Gasteiger charge is 2.58. The van der Waals surface area contributed by atoms with E-state index in [2.05, 4.69) is 22.0 Å².